The van der Waals surface area contributed by atoms with Gasteiger partial charge in [0.2, 0.25) is 0 Å². The maximum absolute atomic E-state index is 9.65. The normalized spacial score (nSPS) is 13.0. The molecule has 0 amide bonds. The molecule has 1 aromatic rings. The second-order valence-corrected chi connectivity index (χ2v) is 6.01. The first-order chi connectivity index (χ1) is 9.85. The Morgan fingerprint density at radius 1 is 1.14 bits per heavy atom. The maximum Gasteiger partial charge on any atom is 0.161 e. The first-order valence-corrected chi connectivity index (χ1v) is 7.07. The zero-order valence-electron chi connectivity index (χ0n) is 13.6. The van der Waals surface area contributed by atoms with Gasteiger partial charge in [-0.15, -0.1) is 0 Å². The third-order valence-corrected chi connectivity index (χ3v) is 2.84. The molecule has 2 N–H and O–H groups in total. The summed E-state index contributed by atoms with van der Waals surface area (Å²) in [5.41, 5.74) is 1.15. The van der Waals surface area contributed by atoms with Gasteiger partial charge in [-0.05, 0) is 38.5 Å². The number of aliphatic hydroxyl groups excluding tert-OH is 1. The Bertz CT molecular complexity index is 429. The average Bonchev–Trinajstić information content (AvgIpc) is 2.42. The van der Waals surface area contributed by atoms with E-state index in [0.717, 1.165) is 12.1 Å². The highest BCUT2D eigenvalue weighted by atomic mass is 16.5. The third-order valence-electron chi connectivity index (χ3n) is 2.84. The Balaban J connectivity index is 2.71. The number of nitrogens with one attached hydrogen (secondary N) is 1. The van der Waals surface area contributed by atoms with Crippen LogP contribution >= 0.6 is 0 Å². The molecule has 1 unspecified atom stereocenters. The lowest BCUT2D eigenvalue weighted by atomic mass is 10.1. The summed E-state index contributed by atoms with van der Waals surface area (Å²) >= 11 is 0. The van der Waals surface area contributed by atoms with Crippen molar-refractivity contribution in [3.05, 3.63) is 23.8 Å². The van der Waals surface area contributed by atoms with E-state index in [-0.39, 0.29) is 18.8 Å². The van der Waals surface area contributed by atoms with Crippen LogP contribution in [0.15, 0.2) is 18.2 Å². The van der Waals surface area contributed by atoms with Crippen molar-refractivity contribution < 1.29 is 19.3 Å². The highest BCUT2D eigenvalue weighted by molar-refractivity contribution is 5.43. The van der Waals surface area contributed by atoms with Crippen LogP contribution < -0.4 is 14.8 Å². The van der Waals surface area contributed by atoms with Crippen molar-refractivity contribution in [3.63, 3.8) is 0 Å². The van der Waals surface area contributed by atoms with E-state index in [4.69, 9.17) is 14.2 Å². The summed E-state index contributed by atoms with van der Waals surface area (Å²) in [4.78, 5) is 0. The van der Waals surface area contributed by atoms with Gasteiger partial charge in [-0.3, -0.25) is 0 Å². The van der Waals surface area contributed by atoms with Crippen molar-refractivity contribution in [2.24, 2.45) is 0 Å². The van der Waals surface area contributed by atoms with Crippen LogP contribution in [0.2, 0.25) is 0 Å². The van der Waals surface area contributed by atoms with Crippen LogP contribution in [0.1, 0.15) is 26.3 Å². The summed E-state index contributed by atoms with van der Waals surface area (Å²) in [6.07, 6.45) is -0.656. The maximum atomic E-state index is 9.65. The molecule has 0 radical (unpaired) electrons. The second-order valence-electron chi connectivity index (χ2n) is 6.01. The van der Waals surface area contributed by atoms with E-state index in [1.807, 2.05) is 18.2 Å². The van der Waals surface area contributed by atoms with Gasteiger partial charge >= 0.3 is 0 Å². The smallest absolute Gasteiger partial charge is 0.161 e. The van der Waals surface area contributed by atoms with Crippen molar-refractivity contribution in [1.82, 2.24) is 5.32 Å². The molecule has 5 nitrogen and oxygen atoms in total. The number of rotatable bonds is 8. The lowest BCUT2D eigenvalue weighted by Gasteiger charge is -2.21. The van der Waals surface area contributed by atoms with Gasteiger partial charge in [0, 0.05) is 19.2 Å². The molecule has 0 bridgehead atoms. The minimum Gasteiger partial charge on any atom is -0.493 e. The lowest BCUT2D eigenvalue weighted by Crippen LogP contribution is -2.35. The minimum absolute atomic E-state index is 0.0512. The van der Waals surface area contributed by atoms with E-state index in [9.17, 15) is 5.11 Å². The van der Waals surface area contributed by atoms with Gasteiger partial charge in [0.25, 0.3) is 0 Å². The van der Waals surface area contributed by atoms with Gasteiger partial charge in [-0.25, -0.2) is 0 Å². The Morgan fingerprint density at radius 3 is 2.43 bits per heavy atom. The third kappa shape index (κ3) is 6.80. The van der Waals surface area contributed by atoms with Crippen molar-refractivity contribution in [1.29, 1.82) is 0 Å². The second kappa shape index (κ2) is 8.22. The van der Waals surface area contributed by atoms with Crippen LogP contribution in [-0.4, -0.2) is 44.2 Å². The minimum atomic E-state index is -0.656. The number of ether oxygens (including phenoxy) is 3. The topological polar surface area (TPSA) is 60.0 Å². The van der Waals surface area contributed by atoms with Crippen LogP contribution in [0.3, 0.4) is 0 Å². The molecule has 0 fully saturated rings. The van der Waals surface area contributed by atoms with Crippen LogP contribution in [-0.2, 0) is 11.3 Å². The van der Waals surface area contributed by atoms with E-state index in [1.54, 1.807) is 14.2 Å². The fourth-order valence-corrected chi connectivity index (χ4v) is 1.74. The van der Waals surface area contributed by atoms with Gasteiger partial charge in [0.1, 0.15) is 12.7 Å². The molecule has 0 aliphatic carbocycles. The number of hydrogen-bond donors (Lipinski definition) is 2. The molecular formula is C16H27NO4. The van der Waals surface area contributed by atoms with E-state index in [2.05, 4.69) is 26.1 Å². The summed E-state index contributed by atoms with van der Waals surface area (Å²) < 4.78 is 15.8. The molecule has 1 rings (SSSR count). The van der Waals surface area contributed by atoms with Crippen molar-refractivity contribution in [3.8, 4) is 11.5 Å². The zero-order chi connectivity index (χ0) is 15.9. The predicted octanol–water partition coefficient (Wildman–Crippen LogP) is 1.97. The summed E-state index contributed by atoms with van der Waals surface area (Å²) in [5.74, 6) is 1.28. The predicted molar refractivity (Wildman–Crippen MR) is 83.0 cm³/mol. The van der Waals surface area contributed by atoms with Crippen molar-refractivity contribution in [2.75, 3.05) is 27.4 Å². The zero-order valence-corrected chi connectivity index (χ0v) is 13.6. The number of hydrogen-bond acceptors (Lipinski definition) is 5. The molecule has 21 heavy (non-hydrogen) atoms. The average molecular weight is 297 g/mol. The Labute approximate surface area is 127 Å². The summed E-state index contributed by atoms with van der Waals surface area (Å²) in [6, 6.07) is 5.80. The largest absolute Gasteiger partial charge is 0.493 e. The number of methoxy groups -OCH3 is 2. The van der Waals surface area contributed by atoms with Gasteiger partial charge in [0.05, 0.1) is 13.7 Å². The highest BCUT2D eigenvalue weighted by Crippen LogP contribution is 2.28. The SMILES string of the molecule is COCC(O)COc1cc(CNC(C)(C)C)ccc1OC. The molecule has 0 saturated heterocycles. The van der Waals surface area contributed by atoms with Gasteiger partial charge < -0.3 is 24.6 Å². The van der Waals surface area contributed by atoms with Crippen molar-refractivity contribution in [2.45, 2.75) is 39.0 Å². The van der Waals surface area contributed by atoms with Gasteiger partial charge in [-0.1, -0.05) is 6.07 Å². The highest BCUT2D eigenvalue weighted by Gasteiger charge is 2.12. The van der Waals surface area contributed by atoms with Gasteiger partial charge in [0.15, 0.2) is 11.5 Å². The quantitative estimate of drug-likeness (QED) is 0.768. The van der Waals surface area contributed by atoms with Crippen LogP contribution in [0, 0.1) is 0 Å². The van der Waals surface area contributed by atoms with E-state index in [0.29, 0.717) is 11.5 Å². The molecule has 0 aliphatic rings. The fourth-order valence-electron chi connectivity index (χ4n) is 1.74. The van der Waals surface area contributed by atoms with E-state index < -0.39 is 6.10 Å². The molecular weight excluding hydrogens is 270 g/mol. The summed E-state index contributed by atoms with van der Waals surface area (Å²) in [5, 5.41) is 13.1. The van der Waals surface area contributed by atoms with E-state index in [1.165, 1.54) is 0 Å². The van der Waals surface area contributed by atoms with Crippen LogP contribution in [0.25, 0.3) is 0 Å². The summed E-state index contributed by atoms with van der Waals surface area (Å²) in [6.45, 7) is 7.51. The van der Waals surface area contributed by atoms with Crippen molar-refractivity contribution >= 4 is 0 Å². The molecule has 5 heteroatoms. The molecule has 0 heterocycles. The molecule has 1 atom stereocenters. The molecule has 120 valence electrons. The first kappa shape index (κ1) is 17.8. The molecule has 0 aliphatic heterocycles. The Morgan fingerprint density at radius 2 is 1.86 bits per heavy atom. The molecule has 0 saturated carbocycles. The number of benzene rings is 1. The fraction of sp³-hybridized carbons (Fsp3) is 0.625. The Hall–Kier alpha value is -1.30. The van der Waals surface area contributed by atoms with Crippen LogP contribution in [0.5, 0.6) is 11.5 Å². The molecule has 1 aromatic carbocycles. The monoisotopic (exact) mass is 297 g/mol. The van der Waals surface area contributed by atoms with Crippen LogP contribution in [0.4, 0.5) is 0 Å². The first-order valence-electron chi connectivity index (χ1n) is 7.07. The van der Waals surface area contributed by atoms with Gasteiger partial charge in [-0.2, -0.15) is 0 Å². The van der Waals surface area contributed by atoms with E-state index >= 15 is 0 Å². The standard InChI is InChI=1S/C16H27NO4/c1-16(2,3)17-9-12-6-7-14(20-5)15(8-12)21-11-13(18)10-19-4/h6-8,13,17-18H,9-11H2,1-5H3. The molecule has 0 spiro atoms. The number of aliphatic hydroxyl groups is 1. The lowest BCUT2D eigenvalue weighted by molar-refractivity contribution is 0.0319. The summed E-state index contributed by atoms with van der Waals surface area (Å²) in [7, 11) is 3.14. The molecule has 0 aromatic heterocycles. The Kier molecular flexibility index (Phi) is 6.95.